The molecule has 0 unspecified atom stereocenters. The van der Waals surface area contributed by atoms with Crippen LogP contribution in [0.2, 0.25) is 0 Å². The predicted molar refractivity (Wildman–Crippen MR) is 156 cm³/mol. The second kappa shape index (κ2) is 26.3. The van der Waals surface area contributed by atoms with Crippen LogP contribution in [0.15, 0.2) is 12.2 Å². The van der Waals surface area contributed by atoms with Gasteiger partial charge in [0.05, 0.1) is 39.0 Å². The molecular weight excluding hydrogens is 494 g/mol. The third kappa shape index (κ3) is 26.1. The van der Waals surface area contributed by atoms with Gasteiger partial charge in [-0.25, -0.2) is 0 Å². The van der Waals surface area contributed by atoms with E-state index >= 15 is 0 Å². The maximum absolute atomic E-state index is 11.0. The van der Waals surface area contributed by atoms with Crippen molar-refractivity contribution in [1.29, 1.82) is 0 Å². The minimum Gasteiger partial charge on any atom is -0.550 e. The van der Waals surface area contributed by atoms with Gasteiger partial charge in [-0.1, -0.05) is 83.3 Å². The molecule has 0 heterocycles. The van der Waals surface area contributed by atoms with Gasteiger partial charge in [0.15, 0.2) is 0 Å². The number of unbranched alkanes of at least 4 members (excludes halogenated alkanes) is 14. The lowest BCUT2D eigenvalue weighted by Crippen LogP contribution is -2.51. The number of aliphatic carboxylic acids is 3. The Morgan fingerprint density at radius 1 is 0.538 bits per heavy atom. The van der Waals surface area contributed by atoms with Gasteiger partial charge in [-0.15, -0.1) is 0 Å². The van der Waals surface area contributed by atoms with Crippen molar-refractivity contribution in [3.05, 3.63) is 12.2 Å². The number of hydrogen-bond acceptors (Lipinski definition) is 4. The van der Waals surface area contributed by atoms with Crippen LogP contribution in [-0.4, -0.2) is 58.8 Å². The molecule has 0 radical (unpaired) electrons. The number of carbonyl (C=O) groups excluding carboxylic acids is 1. The molecular formula is C32H59NO6. The average molecular weight is 554 g/mol. The van der Waals surface area contributed by atoms with E-state index in [0.29, 0.717) is 43.4 Å². The van der Waals surface area contributed by atoms with E-state index in [2.05, 4.69) is 19.1 Å². The highest BCUT2D eigenvalue weighted by Gasteiger charge is 2.26. The molecule has 0 saturated heterocycles. The SMILES string of the molecule is CCCCCCCCCCCC/C=C/CCCCCC[N+](CCCC(=O)[O-])(CCCC(=O)O)CCCC(=O)O. The number of allylic oxidation sites excluding steroid dienone is 2. The smallest absolute Gasteiger partial charge is 0.303 e. The van der Waals surface area contributed by atoms with Gasteiger partial charge in [0.2, 0.25) is 0 Å². The lowest BCUT2D eigenvalue weighted by Gasteiger charge is -2.39. The molecule has 7 heteroatoms. The Morgan fingerprint density at radius 3 is 1.31 bits per heavy atom. The molecule has 0 aromatic heterocycles. The monoisotopic (exact) mass is 553 g/mol. The summed E-state index contributed by atoms with van der Waals surface area (Å²) in [5.41, 5.74) is 0. The Labute approximate surface area is 238 Å². The van der Waals surface area contributed by atoms with Crippen molar-refractivity contribution < 1.29 is 34.2 Å². The van der Waals surface area contributed by atoms with Crippen molar-refractivity contribution in [2.45, 2.75) is 148 Å². The molecule has 228 valence electrons. The summed E-state index contributed by atoms with van der Waals surface area (Å²) in [6.45, 7) is 5.00. The molecule has 0 fully saturated rings. The maximum Gasteiger partial charge on any atom is 0.303 e. The highest BCUT2D eigenvalue weighted by Crippen LogP contribution is 2.18. The fraction of sp³-hybridized carbons (Fsp3) is 0.844. The first-order valence-corrected chi connectivity index (χ1v) is 15.9. The lowest BCUT2D eigenvalue weighted by atomic mass is 10.1. The third-order valence-corrected chi connectivity index (χ3v) is 7.70. The van der Waals surface area contributed by atoms with E-state index in [-0.39, 0.29) is 19.3 Å². The van der Waals surface area contributed by atoms with E-state index in [1.165, 1.54) is 70.6 Å². The fourth-order valence-corrected chi connectivity index (χ4v) is 5.41. The van der Waals surface area contributed by atoms with Crippen LogP contribution < -0.4 is 5.11 Å². The van der Waals surface area contributed by atoms with Crippen LogP contribution in [0.25, 0.3) is 0 Å². The molecule has 0 saturated carbocycles. The molecule has 0 rings (SSSR count). The third-order valence-electron chi connectivity index (χ3n) is 7.70. The van der Waals surface area contributed by atoms with E-state index in [0.717, 1.165) is 38.6 Å². The van der Waals surface area contributed by atoms with Crippen molar-refractivity contribution in [3.8, 4) is 0 Å². The Morgan fingerprint density at radius 2 is 0.897 bits per heavy atom. The zero-order valence-electron chi connectivity index (χ0n) is 25.0. The summed E-state index contributed by atoms with van der Waals surface area (Å²) in [6.07, 6.45) is 26.5. The Kier molecular flexibility index (Phi) is 25.1. The molecule has 0 aliphatic heterocycles. The Hall–Kier alpha value is -1.89. The number of rotatable bonds is 30. The zero-order chi connectivity index (χ0) is 29.0. The Balaban J connectivity index is 4.22. The molecule has 0 aliphatic rings. The van der Waals surface area contributed by atoms with Gasteiger partial charge in [0.1, 0.15) is 0 Å². The number of carboxylic acid groups (broad SMARTS) is 3. The van der Waals surface area contributed by atoms with E-state index in [9.17, 15) is 19.5 Å². The van der Waals surface area contributed by atoms with Crippen LogP contribution in [0.1, 0.15) is 148 Å². The summed E-state index contributed by atoms with van der Waals surface area (Å²) < 4.78 is 0.604. The highest BCUT2D eigenvalue weighted by atomic mass is 16.4. The highest BCUT2D eigenvalue weighted by molar-refractivity contribution is 5.66. The van der Waals surface area contributed by atoms with Crippen molar-refractivity contribution >= 4 is 17.9 Å². The molecule has 0 atom stereocenters. The lowest BCUT2D eigenvalue weighted by molar-refractivity contribution is -0.929. The number of quaternary nitrogens is 1. The van der Waals surface area contributed by atoms with Crippen LogP contribution in [0.3, 0.4) is 0 Å². The first-order chi connectivity index (χ1) is 18.8. The average Bonchev–Trinajstić information content (AvgIpc) is 2.87. The van der Waals surface area contributed by atoms with E-state index < -0.39 is 17.9 Å². The van der Waals surface area contributed by atoms with Gasteiger partial charge in [-0.05, 0) is 44.9 Å². The molecule has 0 bridgehead atoms. The molecule has 0 aromatic rings. The summed E-state index contributed by atoms with van der Waals surface area (Å²) in [4.78, 5) is 33.0. The normalized spacial score (nSPS) is 11.8. The maximum atomic E-state index is 11.0. The molecule has 0 aromatic carbocycles. The predicted octanol–water partition coefficient (Wildman–Crippen LogP) is 6.88. The van der Waals surface area contributed by atoms with Gasteiger partial charge < -0.3 is 24.6 Å². The summed E-state index contributed by atoms with van der Waals surface area (Å²) in [5.74, 6) is -2.76. The van der Waals surface area contributed by atoms with Gasteiger partial charge in [-0.2, -0.15) is 0 Å². The van der Waals surface area contributed by atoms with Crippen LogP contribution in [-0.2, 0) is 14.4 Å². The summed E-state index contributed by atoms with van der Waals surface area (Å²) >= 11 is 0. The Bertz CT molecular complexity index is 598. The molecule has 0 spiro atoms. The first kappa shape index (κ1) is 37.1. The summed E-state index contributed by atoms with van der Waals surface area (Å²) in [5, 5.41) is 29.1. The second-order valence-electron chi connectivity index (χ2n) is 11.4. The summed E-state index contributed by atoms with van der Waals surface area (Å²) in [6, 6.07) is 0. The largest absolute Gasteiger partial charge is 0.550 e. The van der Waals surface area contributed by atoms with Crippen molar-refractivity contribution in [2.75, 3.05) is 26.2 Å². The number of hydrogen-bond donors (Lipinski definition) is 2. The van der Waals surface area contributed by atoms with Crippen LogP contribution in [0.4, 0.5) is 0 Å². The number of carbonyl (C=O) groups is 3. The number of nitrogens with zero attached hydrogens (tertiary/aromatic N) is 1. The van der Waals surface area contributed by atoms with Crippen molar-refractivity contribution in [3.63, 3.8) is 0 Å². The quantitative estimate of drug-likeness (QED) is 0.0569. The standard InChI is InChI=1S/C32H59NO6/c1-2-3-4-5-6-7-8-9-10-11-12-13-14-15-16-17-18-19-26-33(27-20-23-30(34)35,28-21-24-31(36)37)29-22-25-32(38)39/h13-14H,2-12,15-29H2,1H3,(H2-,34,35,36,37,38,39)/b14-13+. The van der Waals surface area contributed by atoms with Gasteiger partial charge in [-0.3, -0.25) is 9.59 Å². The molecule has 0 aliphatic carbocycles. The molecule has 39 heavy (non-hydrogen) atoms. The molecule has 7 nitrogen and oxygen atoms in total. The van der Waals surface area contributed by atoms with Crippen molar-refractivity contribution in [1.82, 2.24) is 0 Å². The second-order valence-corrected chi connectivity index (χ2v) is 11.4. The van der Waals surface area contributed by atoms with Crippen molar-refractivity contribution in [2.24, 2.45) is 0 Å². The van der Waals surface area contributed by atoms with E-state index in [4.69, 9.17) is 10.2 Å². The van der Waals surface area contributed by atoms with Gasteiger partial charge >= 0.3 is 11.9 Å². The fourth-order valence-electron chi connectivity index (χ4n) is 5.41. The van der Waals surface area contributed by atoms with Crippen LogP contribution >= 0.6 is 0 Å². The van der Waals surface area contributed by atoms with Gasteiger partial charge in [0.25, 0.3) is 0 Å². The minimum atomic E-state index is -1.08. The van der Waals surface area contributed by atoms with E-state index in [1.807, 2.05) is 0 Å². The number of carboxylic acids is 3. The van der Waals surface area contributed by atoms with Crippen LogP contribution in [0.5, 0.6) is 0 Å². The summed E-state index contributed by atoms with van der Waals surface area (Å²) in [7, 11) is 0. The van der Waals surface area contributed by atoms with Crippen LogP contribution in [0, 0.1) is 0 Å². The van der Waals surface area contributed by atoms with E-state index in [1.54, 1.807) is 0 Å². The molecule has 0 amide bonds. The topological polar surface area (TPSA) is 115 Å². The molecule has 2 N–H and O–H groups in total. The zero-order valence-corrected chi connectivity index (χ0v) is 25.0. The first-order valence-electron chi connectivity index (χ1n) is 15.9. The minimum absolute atomic E-state index is 0.0245. The van der Waals surface area contributed by atoms with Gasteiger partial charge in [0, 0.05) is 25.2 Å².